The van der Waals surface area contributed by atoms with Gasteiger partial charge in [0.05, 0.1) is 5.02 Å². The predicted molar refractivity (Wildman–Crippen MR) is 104 cm³/mol. The van der Waals surface area contributed by atoms with Crippen LogP contribution in [0.15, 0.2) is 51.7 Å². The van der Waals surface area contributed by atoms with Gasteiger partial charge in [-0.3, -0.25) is 4.79 Å². The van der Waals surface area contributed by atoms with Crippen molar-refractivity contribution in [2.45, 2.75) is 13.3 Å². The van der Waals surface area contributed by atoms with Gasteiger partial charge in [-0.25, -0.2) is 4.79 Å². The minimum atomic E-state index is -0.462. The molecular weight excluding hydrogens is 370 g/mol. The highest BCUT2D eigenvalue weighted by Gasteiger charge is 2.11. The van der Waals surface area contributed by atoms with Gasteiger partial charge in [-0.15, -0.1) is 0 Å². The smallest absolute Gasteiger partial charge is 0.336 e. The van der Waals surface area contributed by atoms with Crippen LogP contribution in [0.1, 0.15) is 11.1 Å². The second-order valence-corrected chi connectivity index (χ2v) is 6.44. The lowest BCUT2D eigenvalue weighted by atomic mass is 10.1. The Hall–Kier alpha value is -2.83. The number of aryl methyl sites for hydroxylation is 1. The lowest BCUT2D eigenvalue weighted by molar-refractivity contribution is -0.118. The number of hydrogen-bond acceptors (Lipinski definition) is 5. The van der Waals surface area contributed by atoms with Crippen LogP contribution in [0, 0.1) is 6.92 Å². The Labute approximate surface area is 160 Å². The Kier molecular flexibility index (Phi) is 5.78. The van der Waals surface area contributed by atoms with Gasteiger partial charge in [0.1, 0.15) is 11.3 Å². The van der Waals surface area contributed by atoms with E-state index in [2.05, 4.69) is 5.32 Å². The molecule has 0 aliphatic carbocycles. The average Bonchev–Trinajstić information content (AvgIpc) is 2.62. The number of anilines is 1. The summed E-state index contributed by atoms with van der Waals surface area (Å²) in [5.41, 5.74) is 2.23. The van der Waals surface area contributed by atoms with E-state index in [1.54, 1.807) is 25.1 Å². The molecule has 0 aliphatic rings. The number of halogens is 1. The van der Waals surface area contributed by atoms with Crippen molar-refractivity contribution < 1.29 is 19.1 Å². The van der Waals surface area contributed by atoms with Crippen LogP contribution in [-0.4, -0.2) is 24.2 Å². The Morgan fingerprint density at radius 3 is 2.67 bits per heavy atom. The summed E-state index contributed by atoms with van der Waals surface area (Å²) >= 11 is 6.21. The summed E-state index contributed by atoms with van der Waals surface area (Å²) in [5, 5.41) is 12.7. The quantitative estimate of drug-likeness (QED) is 0.633. The van der Waals surface area contributed by atoms with Gasteiger partial charge in [0.25, 0.3) is 5.91 Å². The van der Waals surface area contributed by atoms with Crippen LogP contribution >= 0.6 is 11.6 Å². The van der Waals surface area contributed by atoms with Gasteiger partial charge in [0.15, 0.2) is 6.61 Å². The number of fused-ring (bicyclic) bond motifs is 1. The maximum absolute atomic E-state index is 12.1. The summed E-state index contributed by atoms with van der Waals surface area (Å²) in [5.74, 6) is -0.0990. The summed E-state index contributed by atoms with van der Waals surface area (Å²) in [6.07, 6.45) is 0.563. The maximum Gasteiger partial charge on any atom is 0.336 e. The monoisotopic (exact) mass is 387 g/mol. The normalized spacial score (nSPS) is 10.8. The molecule has 0 aliphatic heterocycles. The highest BCUT2D eigenvalue weighted by molar-refractivity contribution is 6.32. The number of carbonyl (C=O) groups excluding carboxylic acids is 1. The molecule has 0 spiro atoms. The molecule has 0 radical (unpaired) electrons. The molecule has 27 heavy (non-hydrogen) atoms. The minimum absolute atomic E-state index is 0.0751. The third kappa shape index (κ3) is 4.67. The molecule has 2 aromatic carbocycles. The predicted octanol–water partition coefficient (Wildman–Crippen LogP) is 3.31. The van der Waals surface area contributed by atoms with Crippen molar-refractivity contribution in [3.63, 3.8) is 0 Å². The summed E-state index contributed by atoms with van der Waals surface area (Å²) in [7, 11) is 0. The lowest BCUT2D eigenvalue weighted by Gasteiger charge is -2.10. The third-order valence-corrected chi connectivity index (χ3v) is 4.30. The highest BCUT2D eigenvalue weighted by atomic mass is 35.5. The van der Waals surface area contributed by atoms with Crippen LogP contribution in [0.4, 0.5) is 5.69 Å². The largest absolute Gasteiger partial charge is 0.482 e. The van der Waals surface area contributed by atoms with Crippen LogP contribution in [-0.2, 0) is 11.2 Å². The molecule has 6 nitrogen and oxygen atoms in total. The third-order valence-electron chi connectivity index (χ3n) is 4.00. The second-order valence-electron chi connectivity index (χ2n) is 6.03. The number of rotatable bonds is 6. The highest BCUT2D eigenvalue weighted by Crippen LogP contribution is 2.31. The van der Waals surface area contributed by atoms with Gasteiger partial charge in [0.2, 0.25) is 0 Å². The summed E-state index contributed by atoms with van der Waals surface area (Å²) in [6, 6.07) is 11.7. The number of benzene rings is 2. The molecule has 2 N–H and O–H groups in total. The molecule has 0 bridgehead atoms. The zero-order chi connectivity index (χ0) is 19.4. The first-order valence-electron chi connectivity index (χ1n) is 8.33. The molecule has 0 saturated carbocycles. The molecule has 1 amide bonds. The fourth-order valence-corrected chi connectivity index (χ4v) is 2.87. The first-order valence-corrected chi connectivity index (χ1v) is 8.70. The maximum atomic E-state index is 12.1. The van der Waals surface area contributed by atoms with E-state index < -0.39 is 5.63 Å². The molecule has 1 heterocycles. The molecule has 0 unspecified atom stereocenters. The number of aliphatic hydroxyl groups is 1. The Balaban J connectivity index is 1.67. The number of hydrogen-bond donors (Lipinski definition) is 2. The van der Waals surface area contributed by atoms with Gasteiger partial charge >= 0.3 is 5.63 Å². The van der Waals surface area contributed by atoms with Crippen molar-refractivity contribution >= 4 is 34.2 Å². The van der Waals surface area contributed by atoms with Crippen LogP contribution in [0.5, 0.6) is 5.75 Å². The molecular formula is C20H18ClNO5. The number of aliphatic hydroxyl groups excluding tert-OH is 1. The second kappa shape index (κ2) is 8.24. The van der Waals surface area contributed by atoms with E-state index >= 15 is 0 Å². The molecule has 3 aromatic rings. The first kappa shape index (κ1) is 18.9. The van der Waals surface area contributed by atoms with E-state index in [4.69, 9.17) is 25.9 Å². The van der Waals surface area contributed by atoms with E-state index in [0.717, 1.165) is 11.1 Å². The molecule has 0 saturated heterocycles. The van der Waals surface area contributed by atoms with Crippen LogP contribution in [0.2, 0.25) is 5.02 Å². The summed E-state index contributed by atoms with van der Waals surface area (Å²) in [6.45, 7) is 1.61. The Morgan fingerprint density at radius 2 is 1.96 bits per heavy atom. The van der Waals surface area contributed by atoms with E-state index in [1.807, 2.05) is 12.1 Å². The van der Waals surface area contributed by atoms with Crippen LogP contribution in [0.3, 0.4) is 0 Å². The first-order chi connectivity index (χ1) is 13.0. The van der Waals surface area contributed by atoms with Gasteiger partial charge in [0, 0.05) is 29.8 Å². The summed E-state index contributed by atoms with van der Waals surface area (Å²) in [4.78, 5) is 23.6. The molecule has 3 rings (SSSR count). The van der Waals surface area contributed by atoms with Crippen molar-refractivity contribution in [1.82, 2.24) is 0 Å². The Morgan fingerprint density at radius 1 is 1.22 bits per heavy atom. The van der Waals surface area contributed by atoms with Gasteiger partial charge in [-0.1, -0.05) is 23.7 Å². The SMILES string of the molecule is Cc1cc(=O)oc2cc(OCC(=O)Nc3ccc(CCO)cc3)c(Cl)cc12. The van der Waals surface area contributed by atoms with Gasteiger partial charge < -0.3 is 19.6 Å². The van der Waals surface area contributed by atoms with E-state index in [9.17, 15) is 9.59 Å². The topological polar surface area (TPSA) is 88.8 Å². The van der Waals surface area contributed by atoms with E-state index in [-0.39, 0.29) is 24.9 Å². The van der Waals surface area contributed by atoms with Crippen LogP contribution in [0.25, 0.3) is 11.0 Å². The number of nitrogens with one attached hydrogen (secondary N) is 1. The molecule has 0 fully saturated rings. The van der Waals surface area contributed by atoms with Crippen molar-refractivity contribution in [3.8, 4) is 5.75 Å². The fourth-order valence-electron chi connectivity index (χ4n) is 2.65. The zero-order valence-corrected chi connectivity index (χ0v) is 15.4. The van der Waals surface area contributed by atoms with E-state index in [0.29, 0.717) is 28.1 Å². The van der Waals surface area contributed by atoms with Crippen molar-refractivity contribution in [2.24, 2.45) is 0 Å². The number of carbonyl (C=O) groups is 1. The molecule has 140 valence electrons. The molecule has 0 atom stereocenters. The minimum Gasteiger partial charge on any atom is -0.482 e. The zero-order valence-electron chi connectivity index (χ0n) is 14.6. The van der Waals surface area contributed by atoms with Crippen molar-refractivity contribution in [1.29, 1.82) is 0 Å². The van der Waals surface area contributed by atoms with Crippen molar-refractivity contribution in [2.75, 3.05) is 18.5 Å². The molecule has 7 heteroatoms. The number of ether oxygens (including phenoxy) is 1. The van der Waals surface area contributed by atoms with Crippen LogP contribution < -0.4 is 15.7 Å². The Bertz CT molecular complexity index is 1030. The summed E-state index contributed by atoms with van der Waals surface area (Å²) < 4.78 is 10.6. The fraction of sp³-hybridized carbons (Fsp3) is 0.200. The number of amides is 1. The lowest BCUT2D eigenvalue weighted by Crippen LogP contribution is -2.20. The van der Waals surface area contributed by atoms with Gasteiger partial charge in [-0.05, 0) is 42.7 Å². The van der Waals surface area contributed by atoms with Gasteiger partial charge in [-0.2, -0.15) is 0 Å². The van der Waals surface area contributed by atoms with E-state index in [1.165, 1.54) is 12.1 Å². The average molecular weight is 388 g/mol. The molecule has 1 aromatic heterocycles. The van der Waals surface area contributed by atoms with Crippen molar-refractivity contribution in [3.05, 3.63) is 69.0 Å². The standard InChI is InChI=1S/C20H18ClNO5/c1-12-8-20(25)27-17-10-18(16(21)9-15(12)17)26-11-19(24)22-14-4-2-13(3-5-14)6-7-23/h2-5,8-10,23H,6-7,11H2,1H3,(H,22,24).